The fraction of sp³-hybridized carbons (Fsp3) is 0.611. The van der Waals surface area contributed by atoms with Crippen molar-refractivity contribution in [2.75, 3.05) is 13.2 Å². The summed E-state index contributed by atoms with van der Waals surface area (Å²) in [5, 5.41) is 3.23. The monoisotopic (exact) mass is 318 g/mol. The van der Waals surface area contributed by atoms with Crippen LogP contribution >= 0.6 is 0 Å². The molecule has 3 N–H and O–H groups in total. The van der Waals surface area contributed by atoms with Crippen LogP contribution in [0.15, 0.2) is 30.3 Å². The van der Waals surface area contributed by atoms with Crippen molar-refractivity contribution in [1.82, 2.24) is 5.32 Å². The maximum atomic E-state index is 11.7. The van der Waals surface area contributed by atoms with Crippen LogP contribution in [0.25, 0.3) is 0 Å². The molecule has 1 aromatic rings. The zero-order chi connectivity index (χ0) is 16.3. The van der Waals surface area contributed by atoms with Gasteiger partial charge in [0, 0.05) is 19.4 Å². The minimum absolute atomic E-state index is 0.0334. The standard InChI is InChI=1S/C18H26N2O3/c1-13-7-9-18(10-8-13)22-12-15(23-18)11-20-16(17(19)21)14-5-3-2-4-6-14/h2-6,13,15-16,20H,7-12H2,1H3,(H2,19,21)/t13?,15-,16+,18?/m1/s1. The Morgan fingerprint density at radius 2 is 2.04 bits per heavy atom. The van der Waals surface area contributed by atoms with E-state index in [0.29, 0.717) is 13.2 Å². The molecule has 5 heteroatoms. The van der Waals surface area contributed by atoms with E-state index in [0.717, 1.165) is 37.2 Å². The summed E-state index contributed by atoms with van der Waals surface area (Å²) >= 11 is 0. The van der Waals surface area contributed by atoms with E-state index in [2.05, 4.69) is 12.2 Å². The van der Waals surface area contributed by atoms with Crippen LogP contribution in [0.2, 0.25) is 0 Å². The molecule has 1 aliphatic heterocycles. The van der Waals surface area contributed by atoms with E-state index in [9.17, 15) is 4.79 Å². The summed E-state index contributed by atoms with van der Waals surface area (Å²) < 4.78 is 12.1. The summed E-state index contributed by atoms with van der Waals surface area (Å²) in [6, 6.07) is 9.03. The number of carbonyl (C=O) groups is 1. The van der Waals surface area contributed by atoms with Crippen molar-refractivity contribution in [1.29, 1.82) is 0 Å². The molecule has 2 atom stereocenters. The molecule has 2 aliphatic rings. The summed E-state index contributed by atoms with van der Waals surface area (Å²) in [5.41, 5.74) is 6.41. The molecule has 0 unspecified atom stereocenters. The molecular weight excluding hydrogens is 292 g/mol. The molecule has 3 rings (SSSR count). The highest BCUT2D eigenvalue weighted by Crippen LogP contribution is 2.39. The molecule has 2 fully saturated rings. The van der Waals surface area contributed by atoms with Crippen LogP contribution in [0.1, 0.15) is 44.2 Å². The van der Waals surface area contributed by atoms with Crippen LogP contribution in [0.4, 0.5) is 0 Å². The van der Waals surface area contributed by atoms with Crippen LogP contribution in [0.3, 0.4) is 0 Å². The van der Waals surface area contributed by atoms with Crippen LogP contribution in [-0.4, -0.2) is 30.9 Å². The van der Waals surface area contributed by atoms with Gasteiger partial charge < -0.3 is 15.2 Å². The Kier molecular flexibility index (Phi) is 4.99. The third-order valence-corrected chi connectivity index (χ3v) is 4.92. The highest BCUT2D eigenvalue weighted by molar-refractivity contribution is 5.81. The molecule has 0 radical (unpaired) electrons. The van der Waals surface area contributed by atoms with Crippen molar-refractivity contribution < 1.29 is 14.3 Å². The van der Waals surface area contributed by atoms with E-state index in [-0.39, 0.29) is 12.0 Å². The zero-order valence-corrected chi connectivity index (χ0v) is 13.7. The van der Waals surface area contributed by atoms with Gasteiger partial charge in [-0.15, -0.1) is 0 Å². The van der Waals surface area contributed by atoms with Crippen molar-refractivity contribution in [2.24, 2.45) is 11.7 Å². The molecule has 1 aromatic carbocycles. The van der Waals surface area contributed by atoms with Gasteiger partial charge in [0.05, 0.1) is 12.7 Å². The molecule has 1 saturated heterocycles. The Morgan fingerprint density at radius 1 is 1.35 bits per heavy atom. The Hall–Kier alpha value is -1.43. The number of ether oxygens (including phenoxy) is 2. The lowest BCUT2D eigenvalue weighted by Crippen LogP contribution is -2.40. The predicted octanol–water partition coefficient (Wildman–Crippen LogP) is 2.12. The lowest BCUT2D eigenvalue weighted by molar-refractivity contribution is -0.191. The average molecular weight is 318 g/mol. The fourth-order valence-electron chi connectivity index (χ4n) is 3.46. The van der Waals surface area contributed by atoms with Gasteiger partial charge in [-0.25, -0.2) is 0 Å². The van der Waals surface area contributed by atoms with E-state index in [1.165, 1.54) is 0 Å². The van der Waals surface area contributed by atoms with Crippen molar-refractivity contribution >= 4 is 5.91 Å². The number of rotatable bonds is 5. The highest BCUT2D eigenvalue weighted by Gasteiger charge is 2.43. The number of carbonyl (C=O) groups excluding carboxylic acids is 1. The fourth-order valence-corrected chi connectivity index (χ4v) is 3.46. The smallest absolute Gasteiger partial charge is 0.239 e. The van der Waals surface area contributed by atoms with Gasteiger partial charge in [-0.1, -0.05) is 37.3 Å². The SMILES string of the molecule is CC1CCC2(CC1)OC[C@@H](CN[C@H](C(N)=O)c1ccccc1)O2. The first-order chi connectivity index (χ1) is 11.1. The maximum absolute atomic E-state index is 11.7. The molecular formula is C18H26N2O3. The van der Waals surface area contributed by atoms with Crippen LogP contribution in [-0.2, 0) is 14.3 Å². The third kappa shape index (κ3) is 3.91. The lowest BCUT2D eigenvalue weighted by Gasteiger charge is -2.34. The van der Waals surface area contributed by atoms with Crippen molar-refractivity contribution in [3.8, 4) is 0 Å². The first-order valence-corrected chi connectivity index (χ1v) is 8.47. The first-order valence-electron chi connectivity index (χ1n) is 8.47. The molecule has 23 heavy (non-hydrogen) atoms. The van der Waals surface area contributed by atoms with Gasteiger partial charge in [-0.05, 0) is 24.3 Å². The number of hydrogen-bond acceptors (Lipinski definition) is 4. The van der Waals surface area contributed by atoms with E-state index in [1.807, 2.05) is 30.3 Å². The van der Waals surface area contributed by atoms with E-state index >= 15 is 0 Å². The average Bonchev–Trinajstić information content (AvgIpc) is 2.95. The Bertz CT molecular complexity index is 526. The molecule has 126 valence electrons. The molecule has 1 spiro atoms. The largest absolute Gasteiger partial charge is 0.368 e. The Balaban J connectivity index is 1.55. The molecule has 1 aliphatic carbocycles. The van der Waals surface area contributed by atoms with Crippen molar-refractivity contribution in [3.05, 3.63) is 35.9 Å². The summed E-state index contributed by atoms with van der Waals surface area (Å²) in [4.78, 5) is 11.7. The number of nitrogens with two attached hydrogens (primary N) is 1. The molecule has 1 saturated carbocycles. The van der Waals surface area contributed by atoms with Gasteiger partial charge in [0.1, 0.15) is 6.04 Å². The van der Waals surface area contributed by atoms with Gasteiger partial charge in [0.25, 0.3) is 0 Å². The van der Waals surface area contributed by atoms with Crippen LogP contribution in [0, 0.1) is 5.92 Å². The van der Waals surface area contributed by atoms with E-state index in [1.54, 1.807) is 0 Å². The zero-order valence-electron chi connectivity index (χ0n) is 13.7. The molecule has 1 heterocycles. The van der Waals surface area contributed by atoms with Crippen LogP contribution in [0.5, 0.6) is 0 Å². The van der Waals surface area contributed by atoms with E-state index in [4.69, 9.17) is 15.2 Å². The Morgan fingerprint density at radius 3 is 2.70 bits per heavy atom. The van der Waals surface area contributed by atoms with Crippen molar-refractivity contribution in [3.63, 3.8) is 0 Å². The number of primary amides is 1. The topological polar surface area (TPSA) is 73.6 Å². The van der Waals surface area contributed by atoms with Gasteiger partial charge in [0.2, 0.25) is 5.91 Å². The van der Waals surface area contributed by atoms with Crippen LogP contribution < -0.4 is 11.1 Å². The molecule has 0 bridgehead atoms. The normalized spacial score (nSPS) is 32.0. The van der Waals surface area contributed by atoms with Gasteiger partial charge in [-0.2, -0.15) is 0 Å². The van der Waals surface area contributed by atoms with E-state index < -0.39 is 11.8 Å². The number of hydrogen-bond donors (Lipinski definition) is 2. The summed E-state index contributed by atoms with van der Waals surface area (Å²) in [7, 11) is 0. The minimum Gasteiger partial charge on any atom is -0.368 e. The second kappa shape index (κ2) is 6.99. The van der Waals surface area contributed by atoms with Gasteiger partial charge in [0.15, 0.2) is 5.79 Å². The highest BCUT2D eigenvalue weighted by atomic mass is 16.7. The Labute approximate surface area is 137 Å². The van der Waals surface area contributed by atoms with Gasteiger partial charge in [-0.3, -0.25) is 10.1 Å². The van der Waals surface area contributed by atoms with Gasteiger partial charge >= 0.3 is 0 Å². The quantitative estimate of drug-likeness (QED) is 0.872. The predicted molar refractivity (Wildman–Crippen MR) is 87.6 cm³/mol. The third-order valence-electron chi connectivity index (χ3n) is 4.92. The maximum Gasteiger partial charge on any atom is 0.239 e. The summed E-state index contributed by atoms with van der Waals surface area (Å²) in [6.07, 6.45) is 4.18. The first kappa shape index (κ1) is 16.4. The lowest BCUT2D eigenvalue weighted by atomic mass is 9.86. The number of nitrogens with one attached hydrogen (secondary N) is 1. The molecule has 0 aromatic heterocycles. The summed E-state index contributed by atoms with van der Waals surface area (Å²) in [5.74, 6) is -0.0213. The number of benzene rings is 1. The second-order valence-corrected chi connectivity index (χ2v) is 6.80. The number of amides is 1. The van der Waals surface area contributed by atoms with Crippen molar-refractivity contribution in [2.45, 2.75) is 50.5 Å². The minimum atomic E-state index is -0.497. The molecule has 5 nitrogen and oxygen atoms in total. The second-order valence-electron chi connectivity index (χ2n) is 6.80. The summed E-state index contributed by atoms with van der Waals surface area (Å²) in [6.45, 7) is 3.40. The molecule has 1 amide bonds.